The number of nitrogens with one attached hydrogen (secondary N) is 1. The van der Waals surface area contributed by atoms with Gasteiger partial charge in [0.05, 0.1) is 6.20 Å². The second-order valence-corrected chi connectivity index (χ2v) is 9.09. The molecule has 1 aromatic heterocycles. The first kappa shape index (κ1) is 19.2. The predicted octanol–water partition coefficient (Wildman–Crippen LogP) is 5.34. The Morgan fingerprint density at radius 3 is 2.61 bits per heavy atom. The van der Waals surface area contributed by atoms with Gasteiger partial charge in [-0.1, -0.05) is 44.5 Å². The van der Waals surface area contributed by atoms with Gasteiger partial charge in [-0.15, -0.1) is 0 Å². The van der Waals surface area contributed by atoms with Crippen molar-refractivity contribution in [1.29, 1.82) is 0 Å². The lowest BCUT2D eigenvalue weighted by atomic mass is 9.84. The number of amides is 1. The first-order chi connectivity index (χ1) is 13.5. The smallest absolute Gasteiger partial charge is 0.220 e. The van der Waals surface area contributed by atoms with E-state index in [2.05, 4.69) is 55.3 Å². The highest BCUT2D eigenvalue weighted by Gasteiger charge is 2.42. The average Bonchev–Trinajstić information content (AvgIpc) is 3.43. The van der Waals surface area contributed by atoms with Crippen molar-refractivity contribution in [2.24, 2.45) is 17.8 Å². The van der Waals surface area contributed by atoms with Gasteiger partial charge < -0.3 is 9.73 Å². The van der Waals surface area contributed by atoms with E-state index in [4.69, 9.17) is 4.42 Å². The molecule has 0 radical (unpaired) electrons. The number of hydrogen-bond donors (Lipinski definition) is 1. The Morgan fingerprint density at radius 2 is 1.96 bits per heavy atom. The Bertz CT molecular complexity index is 808. The zero-order chi connectivity index (χ0) is 19.7. The predicted molar refractivity (Wildman–Crippen MR) is 111 cm³/mol. The second-order valence-electron chi connectivity index (χ2n) is 9.09. The standard InChI is InChI=1S/C24H32N2O2/c1-15(2)18-6-8-19(9-7-18)22-14-25-24(28-22)11-10-23(27)26-16(3)21-13-17-4-5-20(21)12-17/h6-9,14-17,20-21H,4-5,10-13H2,1-3H3,(H,26,27). The van der Waals surface area contributed by atoms with Crippen molar-refractivity contribution in [3.05, 3.63) is 41.9 Å². The lowest BCUT2D eigenvalue weighted by Crippen LogP contribution is -2.40. The molecular formula is C24H32N2O2. The minimum absolute atomic E-state index is 0.108. The molecule has 1 N–H and O–H groups in total. The summed E-state index contributed by atoms with van der Waals surface area (Å²) in [6.45, 7) is 6.54. The summed E-state index contributed by atoms with van der Waals surface area (Å²) in [6.07, 6.45) is 8.15. The highest BCUT2D eigenvalue weighted by molar-refractivity contribution is 5.76. The van der Waals surface area contributed by atoms with Crippen molar-refractivity contribution >= 4 is 5.91 Å². The lowest BCUT2D eigenvalue weighted by molar-refractivity contribution is -0.122. The van der Waals surface area contributed by atoms with Gasteiger partial charge in [0.2, 0.25) is 5.91 Å². The van der Waals surface area contributed by atoms with E-state index in [1.54, 1.807) is 6.20 Å². The minimum Gasteiger partial charge on any atom is -0.441 e. The summed E-state index contributed by atoms with van der Waals surface area (Å²) in [6, 6.07) is 8.69. The molecule has 0 aliphatic heterocycles. The largest absolute Gasteiger partial charge is 0.441 e. The number of fused-ring (bicyclic) bond motifs is 2. The Kier molecular flexibility index (Phi) is 5.56. The number of carbonyl (C=O) groups excluding carboxylic acids is 1. The lowest BCUT2D eigenvalue weighted by Gasteiger charge is -2.28. The SMILES string of the molecule is CC(C)c1ccc(-c2cnc(CCC(=O)NC(C)C3CC4CCC3C4)o2)cc1. The van der Waals surface area contributed by atoms with Crippen molar-refractivity contribution in [3.8, 4) is 11.3 Å². The van der Waals surface area contributed by atoms with E-state index in [-0.39, 0.29) is 11.9 Å². The van der Waals surface area contributed by atoms with Gasteiger partial charge in [-0.05, 0) is 55.4 Å². The third kappa shape index (κ3) is 4.16. The van der Waals surface area contributed by atoms with Gasteiger partial charge in [-0.25, -0.2) is 4.98 Å². The third-order valence-corrected chi connectivity index (χ3v) is 6.81. The number of rotatable bonds is 7. The molecule has 4 atom stereocenters. The molecule has 1 amide bonds. The van der Waals surface area contributed by atoms with Crippen LogP contribution in [0, 0.1) is 17.8 Å². The fourth-order valence-corrected chi connectivity index (χ4v) is 5.15. The molecule has 1 aromatic carbocycles. The van der Waals surface area contributed by atoms with Crippen LogP contribution in [0.3, 0.4) is 0 Å². The molecule has 2 bridgehead atoms. The van der Waals surface area contributed by atoms with E-state index < -0.39 is 0 Å². The highest BCUT2D eigenvalue weighted by atomic mass is 16.4. The van der Waals surface area contributed by atoms with Crippen LogP contribution in [0.2, 0.25) is 0 Å². The molecule has 2 aliphatic carbocycles. The summed E-state index contributed by atoms with van der Waals surface area (Å²) in [5.41, 5.74) is 2.34. The molecule has 4 rings (SSSR count). The first-order valence-electron chi connectivity index (χ1n) is 10.8. The molecule has 2 saturated carbocycles. The molecule has 0 saturated heterocycles. The molecule has 1 heterocycles. The molecule has 4 nitrogen and oxygen atoms in total. The van der Waals surface area contributed by atoms with Gasteiger partial charge >= 0.3 is 0 Å². The van der Waals surface area contributed by atoms with E-state index in [0.717, 1.165) is 23.2 Å². The van der Waals surface area contributed by atoms with Gasteiger partial charge in [0.1, 0.15) is 0 Å². The van der Waals surface area contributed by atoms with Crippen molar-refractivity contribution in [1.82, 2.24) is 10.3 Å². The number of aromatic nitrogens is 1. The zero-order valence-corrected chi connectivity index (χ0v) is 17.3. The van der Waals surface area contributed by atoms with E-state index >= 15 is 0 Å². The van der Waals surface area contributed by atoms with Gasteiger partial charge in [0.15, 0.2) is 11.7 Å². The summed E-state index contributed by atoms with van der Waals surface area (Å²) in [5.74, 6) is 4.43. The topological polar surface area (TPSA) is 55.1 Å². The fraction of sp³-hybridized carbons (Fsp3) is 0.583. The van der Waals surface area contributed by atoms with E-state index in [9.17, 15) is 4.79 Å². The maximum atomic E-state index is 12.4. The first-order valence-corrected chi connectivity index (χ1v) is 10.8. The minimum atomic E-state index is 0.108. The van der Waals surface area contributed by atoms with Crippen LogP contribution in [0.5, 0.6) is 0 Å². The number of aryl methyl sites for hydroxylation is 1. The van der Waals surface area contributed by atoms with E-state index in [1.807, 2.05) is 0 Å². The van der Waals surface area contributed by atoms with Crippen LogP contribution in [0.15, 0.2) is 34.9 Å². The molecule has 0 spiro atoms. The number of benzene rings is 1. The Balaban J connectivity index is 1.27. The number of carbonyl (C=O) groups is 1. The van der Waals surface area contributed by atoms with Gasteiger partial charge in [-0.3, -0.25) is 4.79 Å². The molecule has 4 heteroatoms. The van der Waals surface area contributed by atoms with E-state index in [1.165, 1.54) is 31.2 Å². The molecule has 2 aliphatic rings. The van der Waals surface area contributed by atoms with Crippen LogP contribution < -0.4 is 5.32 Å². The van der Waals surface area contributed by atoms with Crippen LogP contribution >= 0.6 is 0 Å². The van der Waals surface area contributed by atoms with Crippen LogP contribution in [-0.4, -0.2) is 16.9 Å². The highest BCUT2D eigenvalue weighted by Crippen LogP contribution is 2.49. The summed E-state index contributed by atoms with van der Waals surface area (Å²) >= 11 is 0. The molecule has 150 valence electrons. The molecule has 2 fully saturated rings. The van der Waals surface area contributed by atoms with Crippen LogP contribution in [0.1, 0.15) is 70.2 Å². The molecule has 28 heavy (non-hydrogen) atoms. The maximum absolute atomic E-state index is 12.4. The zero-order valence-electron chi connectivity index (χ0n) is 17.3. The monoisotopic (exact) mass is 380 g/mol. The van der Waals surface area contributed by atoms with Crippen LogP contribution in [-0.2, 0) is 11.2 Å². The quantitative estimate of drug-likeness (QED) is 0.705. The third-order valence-electron chi connectivity index (χ3n) is 6.81. The Hall–Kier alpha value is -2.10. The summed E-state index contributed by atoms with van der Waals surface area (Å²) in [7, 11) is 0. The van der Waals surface area contributed by atoms with Crippen molar-refractivity contribution in [2.45, 2.75) is 71.3 Å². The molecule has 2 aromatic rings. The van der Waals surface area contributed by atoms with Crippen LogP contribution in [0.4, 0.5) is 0 Å². The average molecular weight is 381 g/mol. The summed E-state index contributed by atoms with van der Waals surface area (Å²) in [5, 5.41) is 3.22. The number of hydrogen-bond acceptors (Lipinski definition) is 3. The Morgan fingerprint density at radius 1 is 1.18 bits per heavy atom. The normalized spacial score (nSPS) is 24.6. The fourth-order valence-electron chi connectivity index (χ4n) is 5.15. The van der Waals surface area contributed by atoms with Gasteiger partial charge in [0, 0.05) is 24.4 Å². The summed E-state index contributed by atoms with van der Waals surface area (Å²) in [4.78, 5) is 16.8. The van der Waals surface area contributed by atoms with Gasteiger partial charge in [0.25, 0.3) is 0 Å². The Labute approximate surface area is 168 Å². The number of oxazole rings is 1. The van der Waals surface area contributed by atoms with Crippen molar-refractivity contribution < 1.29 is 9.21 Å². The summed E-state index contributed by atoms with van der Waals surface area (Å²) < 4.78 is 5.87. The van der Waals surface area contributed by atoms with Crippen molar-refractivity contribution in [3.63, 3.8) is 0 Å². The van der Waals surface area contributed by atoms with Crippen LogP contribution in [0.25, 0.3) is 11.3 Å². The van der Waals surface area contributed by atoms with Crippen molar-refractivity contribution in [2.75, 3.05) is 0 Å². The number of nitrogens with zero attached hydrogens (tertiary/aromatic N) is 1. The van der Waals surface area contributed by atoms with Gasteiger partial charge in [-0.2, -0.15) is 0 Å². The molecule has 4 unspecified atom stereocenters. The second kappa shape index (κ2) is 8.10. The maximum Gasteiger partial charge on any atom is 0.220 e. The van der Waals surface area contributed by atoms with E-state index in [0.29, 0.717) is 30.6 Å². The molecular weight excluding hydrogens is 348 g/mol.